The van der Waals surface area contributed by atoms with Gasteiger partial charge in [0.2, 0.25) is 0 Å². The summed E-state index contributed by atoms with van der Waals surface area (Å²) in [4.78, 5) is 0. The molecule has 0 aromatic rings. The SMILES string of the molecule is CC1(C)CN(N)C1. The van der Waals surface area contributed by atoms with Crippen LogP contribution in [-0.4, -0.2) is 18.1 Å². The summed E-state index contributed by atoms with van der Waals surface area (Å²) in [6, 6.07) is 0. The summed E-state index contributed by atoms with van der Waals surface area (Å²) in [7, 11) is 0. The molecule has 0 aromatic heterocycles. The Hall–Kier alpha value is -0.0800. The van der Waals surface area contributed by atoms with Gasteiger partial charge in [-0.15, -0.1) is 0 Å². The molecule has 1 rings (SSSR count). The zero-order valence-electron chi connectivity index (χ0n) is 4.94. The van der Waals surface area contributed by atoms with E-state index in [-0.39, 0.29) is 0 Å². The molecular weight excluding hydrogens is 88.1 g/mol. The van der Waals surface area contributed by atoms with E-state index in [1.54, 1.807) is 0 Å². The molecule has 0 atom stereocenters. The van der Waals surface area contributed by atoms with Crippen molar-refractivity contribution in [1.82, 2.24) is 5.01 Å². The molecule has 0 unspecified atom stereocenters. The first-order valence-electron chi connectivity index (χ1n) is 2.60. The van der Waals surface area contributed by atoms with Gasteiger partial charge in [0.05, 0.1) is 0 Å². The Morgan fingerprint density at radius 2 is 1.86 bits per heavy atom. The number of nitrogens with zero attached hydrogens (tertiary/aromatic N) is 1. The van der Waals surface area contributed by atoms with Crippen molar-refractivity contribution in [1.29, 1.82) is 0 Å². The van der Waals surface area contributed by atoms with E-state index in [4.69, 9.17) is 5.84 Å². The first kappa shape index (κ1) is 5.06. The lowest BCUT2D eigenvalue weighted by Crippen LogP contribution is -2.56. The highest BCUT2D eigenvalue weighted by Gasteiger charge is 2.31. The van der Waals surface area contributed by atoms with Gasteiger partial charge in [0, 0.05) is 13.1 Å². The molecule has 0 aliphatic carbocycles. The van der Waals surface area contributed by atoms with Crippen LogP contribution in [0.5, 0.6) is 0 Å². The maximum absolute atomic E-state index is 5.39. The molecule has 1 aliphatic rings. The molecule has 42 valence electrons. The van der Waals surface area contributed by atoms with Crippen LogP contribution in [0.1, 0.15) is 13.8 Å². The van der Waals surface area contributed by atoms with Gasteiger partial charge in [-0.1, -0.05) is 13.8 Å². The van der Waals surface area contributed by atoms with Crippen molar-refractivity contribution in [3.8, 4) is 0 Å². The molecule has 0 saturated carbocycles. The molecule has 2 N–H and O–H groups in total. The number of nitrogens with two attached hydrogens (primary N) is 1. The fourth-order valence-corrected chi connectivity index (χ4v) is 1.05. The minimum absolute atomic E-state index is 0.495. The minimum Gasteiger partial charge on any atom is -0.269 e. The number of hydrazine groups is 1. The Bertz CT molecular complexity index is 70.1. The first-order chi connectivity index (χ1) is 3.10. The molecule has 0 aromatic carbocycles. The smallest absolute Gasteiger partial charge is 0.0192 e. The number of rotatable bonds is 0. The topological polar surface area (TPSA) is 29.3 Å². The van der Waals surface area contributed by atoms with Crippen molar-refractivity contribution in [3.05, 3.63) is 0 Å². The molecule has 1 aliphatic heterocycles. The summed E-state index contributed by atoms with van der Waals surface area (Å²) in [5.74, 6) is 5.39. The highest BCUT2D eigenvalue weighted by Crippen LogP contribution is 2.24. The zero-order valence-corrected chi connectivity index (χ0v) is 4.94. The van der Waals surface area contributed by atoms with E-state index in [2.05, 4.69) is 13.8 Å². The second kappa shape index (κ2) is 1.20. The van der Waals surface area contributed by atoms with Crippen molar-refractivity contribution in [2.24, 2.45) is 11.3 Å². The van der Waals surface area contributed by atoms with Crippen molar-refractivity contribution in [3.63, 3.8) is 0 Å². The normalized spacial score (nSPS) is 29.6. The van der Waals surface area contributed by atoms with Gasteiger partial charge in [-0.25, -0.2) is 5.01 Å². The largest absolute Gasteiger partial charge is 0.269 e. The van der Waals surface area contributed by atoms with Gasteiger partial charge >= 0.3 is 0 Å². The Kier molecular flexibility index (Phi) is 0.869. The number of hydrogen-bond acceptors (Lipinski definition) is 2. The van der Waals surface area contributed by atoms with Crippen LogP contribution in [-0.2, 0) is 0 Å². The maximum atomic E-state index is 5.39. The van der Waals surface area contributed by atoms with E-state index in [1.807, 2.05) is 5.01 Å². The lowest BCUT2D eigenvalue weighted by molar-refractivity contribution is 0.0311. The van der Waals surface area contributed by atoms with E-state index >= 15 is 0 Å². The van der Waals surface area contributed by atoms with Crippen LogP contribution in [0.4, 0.5) is 0 Å². The van der Waals surface area contributed by atoms with Gasteiger partial charge < -0.3 is 0 Å². The Labute approximate surface area is 44.3 Å². The van der Waals surface area contributed by atoms with Crippen LogP contribution in [0.2, 0.25) is 0 Å². The van der Waals surface area contributed by atoms with Gasteiger partial charge in [0.15, 0.2) is 0 Å². The van der Waals surface area contributed by atoms with Crippen molar-refractivity contribution >= 4 is 0 Å². The molecule has 1 saturated heterocycles. The van der Waals surface area contributed by atoms with E-state index in [1.165, 1.54) is 0 Å². The quantitative estimate of drug-likeness (QED) is 0.441. The third-order valence-corrected chi connectivity index (χ3v) is 1.26. The Balaban J connectivity index is 2.29. The maximum Gasteiger partial charge on any atom is 0.0192 e. The van der Waals surface area contributed by atoms with Crippen LogP contribution in [0, 0.1) is 5.41 Å². The van der Waals surface area contributed by atoms with Crippen LogP contribution in [0.3, 0.4) is 0 Å². The monoisotopic (exact) mass is 100 g/mol. The number of hydrogen-bond donors (Lipinski definition) is 1. The van der Waals surface area contributed by atoms with Gasteiger partial charge in [0.1, 0.15) is 0 Å². The molecule has 0 amide bonds. The average Bonchev–Trinajstić information content (AvgIpc) is 1.27. The minimum atomic E-state index is 0.495. The van der Waals surface area contributed by atoms with E-state index in [9.17, 15) is 0 Å². The Morgan fingerprint density at radius 3 is 1.86 bits per heavy atom. The standard InChI is InChI=1S/C5H12N2/c1-5(2)3-7(6)4-5/h3-4,6H2,1-2H3. The van der Waals surface area contributed by atoms with Crippen LogP contribution >= 0.6 is 0 Å². The molecule has 1 fully saturated rings. The second-order valence-electron chi connectivity index (χ2n) is 3.07. The fraction of sp³-hybridized carbons (Fsp3) is 1.00. The third-order valence-electron chi connectivity index (χ3n) is 1.26. The molecule has 2 heteroatoms. The summed E-state index contributed by atoms with van der Waals surface area (Å²) in [5.41, 5.74) is 0.495. The predicted molar refractivity (Wildman–Crippen MR) is 29.5 cm³/mol. The van der Waals surface area contributed by atoms with E-state index < -0.39 is 0 Å². The molecule has 0 bridgehead atoms. The lowest BCUT2D eigenvalue weighted by atomic mass is 9.86. The first-order valence-corrected chi connectivity index (χ1v) is 2.60. The third kappa shape index (κ3) is 0.924. The molecule has 0 spiro atoms. The average molecular weight is 100 g/mol. The molecule has 7 heavy (non-hydrogen) atoms. The van der Waals surface area contributed by atoms with E-state index in [0.29, 0.717) is 5.41 Å². The summed E-state index contributed by atoms with van der Waals surface area (Å²) in [5, 5.41) is 1.83. The zero-order chi connectivity index (χ0) is 5.49. The van der Waals surface area contributed by atoms with Crippen molar-refractivity contribution < 1.29 is 0 Å². The summed E-state index contributed by atoms with van der Waals surface area (Å²) in [6.07, 6.45) is 0. The van der Waals surface area contributed by atoms with Crippen LogP contribution in [0.25, 0.3) is 0 Å². The highest BCUT2D eigenvalue weighted by atomic mass is 15.4. The molecule has 1 heterocycles. The summed E-state index contributed by atoms with van der Waals surface area (Å²) >= 11 is 0. The molecule has 0 radical (unpaired) electrons. The summed E-state index contributed by atoms with van der Waals surface area (Å²) in [6.45, 7) is 6.53. The Morgan fingerprint density at radius 1 is 1.43 bits per heavy atom. The van der Waals surface area contributed by atoms with Gasteiger partial charge in [0.25, 0.3) is 0 Å². The van der Waals surface area contributed by atoms with Gasteiger partial charge in [-0.3, -0.25) is 5.84 Å². The predicted octanol–water partition coefficient (Wildman–Crippen LogP) is 0.202. The summed E-state index contributed by atoms with van der Waals surface area (Å²) < 4.78 is 0. The van der Waals surface area contributed by atoms with Crippen molar-refractivity contribution in [2.75, 3.05) is 13.1 Å². The van der Waals surface area contributed by atoms with Gasteiger partial charge in [-0.05, 0) is 5.41 Å². The second-order valence-corrected chi connectivity index (χ2v) is 3.07. The molecule has 2 nitrogen and oxygen atoms in total. The highest BCUT2D eigenvalue weighted by molar-refractivity contribution is 4.83. The molecular formula is C5H12N2. The fourth-order valence-electron chi connectivity index (χ4n) is 1.05. The van der Waals surface area contributed by atoms with Crippen LogP contribution < -0.4 is 5.84 Å². The van der Waals surface area contributed by atoms with E-state index in [0.717, 1.165) is 13.1 Å². The van der Waals surface area contributed by atoms with Crippen LogP contribution in [0.15, 0.2) is 0 Å². The van der Waals surface area contributed by atoms with Crippen molar-refractivity contribution in [2.45, 2.75) is 13.8 Å². The van der Waals surface area contributed by atoms with Gasteiger partial charge in [-0.2, -0.15) is 0 Å². The lowest BCUT2D eigenvalue weighted by Gasteiger charge is -2.42.